The number of benzene rings is 1. The van der Waals surface area contributed by atoms with E-state index in [9.17, 15) is 4.39 Å². The van der Waals surface area contributed by atoms with E-state index < -0.39 is 0 Å². The first-order valence-corrected chi connectivity index (χ1v) is 5.57. The topological polar surface area (TPSA) is 20.7 Å². The number of hydrogen-bond acceptors (Lipinski definition) is 1. The van der Waals surface area contributed by atoms with Crippen molar-refractivity contribution < 1.29 is 4.39 Å². The SMILES string of the molecule is CC(Cc1ccc(F)cc1)n1cc[nH]c1=S. The highest BCUT2D eigenvalue weighted by atomic mass is 32.1. The van der Waals surface area contributed by atoms with Crippen molar-refractivity contribution >= 4 is 12.2 Å². The van der Waals surface area contributed by atoms with Crippen molar-refractivity contribution in [1.29, 1.82) is 0 Å². The van der Waals surface area contributed by atoms with E-state index in [-0.39, 0.29) is 11.9 Å². The average molecular weight is 236 g/mol. The maximum Gasteiger partial charge on any atom is 0.177 e. The number of nitrogens with zero attached hydrogens (tertiary/aromatic N) is 1. The van der Waals surface area contributed by atoms with Gasteiger partial charge in [-0.2, -0.15) is 0 Å². The fourth-order valence-electron chi connectivity index (χ4n) is 1.74. The number of halogens is 1. The Labute approximate surface area is 98.7 Å². The molecule has 0 amide bonds. The van der Waals surface area contributed by atoms with Crippen molar-refractivity contribution in [2.24, 2.45) is 0 Å². The molecule has 16 heavy (non-hydrogen) atoms. The van der Waals surface area contributed by atoms with Gasteiger partial charge in [0.05, 0.1) is 0 Å². The molecule has 84 valence electrons. The molecule has 1 aromatic carbocycles. The van der Waals surface area contributed by atoms with Gasteiger partial charge in [-0.1, -0.05) is 12.1 Å². The van der Waals surface area contributed by atoms with E-state index >= 15 is 0 Å². The highest BCUT2D eigenvalue weighted by Gasteiger charge is 2.06. The molecule has 0 fully saturated rings. The Bertz CT molecular complexity index is 512. The maximum atomic E-state index is 12.7. The van der Waals surface area contributed by atoms with E-state index in [1.165, 1.54) is 12.1 Å². The lowest BCUT2D eigenvalue weighted by Crippen LogP contribution is -2.07. The number of rotatable bonds is 3. The average Bonchev–Trinajstić information content (AvgIpc) is 2.68. The minimum absolute atomic E-state index is 0.199. The predicted molar refractivity (Wildman–Crippen MR) is 64.4 cm³/mol. The minimum atomic E-state index is -0.199. The Kier molecular flexibility index (Phi) is 3.19. The second kappa shape index (κ2) is 4.61. The molecule has 2 nitrogen and oxygen atoms in total. The third-order valence-electron chi connectivity index (χ3n) is 2.60. The number of nitrogens with one attached hydrogen (secondary N) is 1. The summed E-state index contributed by atoms with van der Waals surface area (Å²) < 4.78 is 15.5. The van der Waals surface area contributed by atoms with Crippen LogP contribution in [0.25, 0.3) is 0 Å². The third-order valence-corrected chi connectivity index (χ3v) is 2.92. The first-order chi connectivity index (χ1) is 7.66. The Morgan fingerprint density at radius 1 is 1.38 bits per heavy atom. The van der Waals surface area contributed by atoms with E-state index in [1.54, 1.807) is 0 Å². The van der Waals surface area contributed by atoms with Crippen LogP contribution in [0.15, 0.2) is 36.7 Å². The lowest BCUT2D eigenvalue weighted by molar-refractivity contribution is 0.537. The molecule has 4 heteroatoms. The van der Waals surface area contributed by atoms with Crippen molar-refractivity contribution in [3.8, 4) is 0 Å². The van der Waals surface area contributed by atoms with E-state index in [0.717, 1.165) is 16.8 Å². The van der Waals surface area contributed by atoms with Gasteiger partial charge >= 0.3 is 0 Å². The quantitative estimate of drug-likeness (QED) is 0.809. The monoisotopic (exact) mass is 236 g/mol. The second-order valence-electron chi connectivity index (χ2n) is 3.85. The Hall–Kier alpha value is -1.42. The Morgan fingerprint density at radius 2 is 2.06 bits per heavy atom. The van der Waals surface area contributed by atoms with Gasteiger partial charge in [0.2, 0.25) is 0 Å². The van der Waals surface area contributed by atoms with Gasteiger partial charge in [-0.25, -0.2) is 4.39 Å². The van der Waals surface area contributed by atoms with Gasteiger partial charge in [0.25, 0.3) is 0 Å². The van der Waals surface area contributed by atoms with Gasteiger partial charge < -0.3 is 9.55 Å². The zero-order valence-corrected chi connectivity index (χ0v) is 9.80. The first-order valence-electron chi connectivity index (χ1n) is 5.17. The molecular formula is C12H13FN2S. The van der Waals surface area contributed by atoms with E-state index in [2.05, 4.69) is 11.9 Å². The summed E-state index contributed by atoms with van der Waals surface area (Å²) in [6.07, 6.45) is 4.59. The molecule has 0 radical (unpaired) electrons. The summed E-state index contributed by atoms with van der Waals surface area (Å²) in [7, 11) is 0. The standard InChI is InChI=1S/C12H13FN2S/c1-9(15-7-6-14-12(15)16)8-10-2-4-11(13)5-3-10/h2-7,9H,8H2,1H3,(H,14,16). The molecule has 1 atom stereocenters. The third kappa shape index (κ3) is 2.39. The van der Waals surface area contributed by atoms with E-state index in [1.807, 2.05) is 29.1 Å². The molecule has 1 aromatic heterocycles. The minimum Gasteiger partial charge on any atom is -0.337 e. The van der Waals surface area contributed by atoms with E-state index in [4.69, 9.17) is 12.2 Å². The molecule has 0 aliphatic heterocycles. The summed E-state index contributed by atoms with van der Waals surface area (Å²) in [5.41, 5.74) is 1.11. The van der Waals surface area contributed by atoms with Gasteiger partial charge in [-0.05, 0) is 43.3 Å². The van der Waals surface area contributed by atoms with Gasteiger partial charge in [-0.15, -0.1) is 0 Å². The number of hydrogen-bond donors (Lipinski definition) is 1. The fourth-order valence-corrected chi connectivity index (χ4v) is 2.05. The molecular weight excluding hydrogens is 223 g/mol. The van der Waals surface area contributed by atoms with Crippen LogP contribution in [0, 0.1) is 10.6 Å². The zero-order valence-electron chi connectivity index (χ0n) is 8.98. The summed E-state index contributed by atoms with van der Waals surface area (Å²) in [6, 6.07) is 6.85. The van der Waals surface area contributed by atoms with Gasteiger partial charge in [-0.3, -0.25) is 0 Å². The van der Waals surface area contributed by atoms with E-state index in [0.29, 0.717) is 0 Å². The lowest BCUT2D eigenvalue weighted by atomic mass is 10.1. The zero-order chi connectivity index (χ0) is 11.5. The highest BCUT2D eigenvalue weighted by molar-refractivity contribution is 7.71. The number of aromatic amines is 1. The molecule has 2 aromatic rings. The van der Waals surface area contributed by atoms with Crippen LogP contribution in [-0.4, -0.2) is 9.55 Å². The van der Waals surface area contributed by atoms with Crippen LogP contribution in [0.4, 0.5) is 4.39 Å². The van der Waals surface area contributed by atoms with Gasteiger partial charge in [0, 0.05) is 18.4 Å². The largest absolute Gasteiger partial charge is 0.337 e. The van der Waals surface area contributed by atoms with Crippen LogP contribution in [0.3, 0.4) is 0 Å². The van der Waals surface area contributed by atoms with Crippen LogP contribution in [0.1, 0.15) is 18.5 Å². The van der Waals surface area contributed by atoms with Crippen LogP contribution >= 0.6 is 12.2 Å². The second-order valence-corrected chi connectivity index (χ2v) is 4.24. The number of H-pyrrole nitrogens is 1. The Morgan fingerprint density at radius 3 is 2.62 bits per heavy atom. The number of aromatic nitrogens is 2. The summed E-state index contributed by atoms with van der Waals surface area (Å²) in [5, 5.41) is 0. The predicted octanol–water partition coefficient (Wildman–Crippen LogP) is 3.49. The molecule has 2 rings (SSSR count). The molecule has 0 saturated carbocycles. The summed E-state index contributed by atoms with van der Waals surface area (Å²) >= 11 is 5.15. The highest BCUT2D eigenvalue weighted by Crippen LogP contribution is 2.14. The van der Waals surface area contributed by atoms with Gasteiger partial charge in [0.1, 0.15) is 5.82 Å². The molecule has 1 unspecified atom stereocenters. The van der Waals surface area contributed by atoms with Crippen LogP contribution in [-0.2, 0) is 6.42 Å². The maximum absolute atomic E-state index is 12.7. The molecule has 0 aliphatic rings. The smallest absolute Gasteiger partial charge is 0.177 e. The fraction of sp³-hybridized carbons (Fsp3) is 0.250. The van der Waals surface area contributed by atoms with Crippen molar-refractivity contribution in [2.75, 3.05) is 0 Å². The summed E-state index contributed by atoms with van der Waals surface area (Å²) in [5.74, 6) is -0.199. The lowest BCUT2D eigenvalue weighted by Gasteiger charge is -2.13. The molecule has 1 N–H and O–H groups in total. The van der Waals surface area contributed by atoms with Crippen LogP contribution < -0.4 is 0 Å². The molecule has 1 heterocycles. The van der Waals surface area contributed by atoms with Crippen molar-refractivity contribution in [2.45, 2.75) is 19.4 Å². The normalized spacial score (nSPS) is 12.6. The van der Waals surface area contributed by atoms with Crippen LogP contribution in [0.5, 0.6) is 0 Å². The number of imidazole rings is 1. The van der Waals surface area contributed by atoms with Crippen molar-refractivity contribution in [1.82, 2.24) is 9.55 Å². The van der Waals surface area contributed by atoms with Gasteiger partial charge in [0.15, 0.2) is 4.77 Å². The first kappa shape index (κ1) is 11.1. The Balaban J connectivity index is 2.14. The summed E-state index contributed by atoms with van der Waals surface area (Å²) in [6.45, 7) is 2.09. The molecule has 0 aliphatic carbocycles. The molecule has 0 bridgehead atoms. The van der Waals surface area contributed by atoms with Crippen molar-refractivity contribution in [3.63, 3.8) is 0 Å². The molecule has 0 spiro atoms. The summed E-state index contributed by atoms with van der Waals surface area (Å²) in [4.78, 5) is 2.96. The molecule has 0 saturated heterocycles. The van der Waals surface area contributed by atoms with Crippen LogP contribution in [0.2, 0.25) is 0 Å². The van der Waals surface area contributed by atoms with Crippen molar-refractivity contribution in [3.05, 3.63) is 52.8 Å².